The molecule has 0 aliphatic carbocycles. The molecule has 0 saturated carbocycles. The van der Waals surface area contributed by atoms with Crippen LogP contribution in [0.2, 0.25) is 0 Å². The Bertz CT molecular complexity index is 2840. The molecule has 0 saturated heterocycles. The Balaban J connectivity index is 1.23. The van der Waals surface area contributed by atoms with Crippen LogP contribution in [0.4, 0.5) is 5.69 Å². The Morgan fingerprint density at radius 1 is 0.333 bits per heavy atom. The lowest BCUT2D eigenvalue weighted by Gasteiger charge is -2.24. The highest BCUT2D eigenvalue weighted by molar-refractivity contribution is 6.37. The van der Waals surface area contributed by atoms with Crippen molar-refractivity contribution in [2.75, 3.05) is 4.90 Å². The molecule has 254 valence electrons. The first-order chi connectivity index (χ1) is 26.7. The zero-order valence-electron chi connectivity index (χ0n) is 29.2. The Labute approximate surface area is 312 Å². The summed E-state index contributed by atoms with van der Waals surface area (Å²) < 4.78 is 2.15. The molecule has 1 aliphatic heterocycles. The van der Waals surface area contributed by atoms with Crippen LogP contribution in [0.25, 0.3) is 72.0 Å². The lowest BCUT2D eigenvalue weighted by atomic mass is 9.90. The lowest BCUT2D eigenvalue weighted by Crippen LogP contribution is -2.30. The van der Waals surface area contributed by atoms with E-state index in [9.17, 15) is 4.79 Å². The standard InChI is InChI=1S/C50H32N2O2/c53-49-41-25-15-27-45(51-44-26-14-13-24-39(44)40-29-28-37(32-46(40)51)33-16-5-1-6-17-33)47(41)50(54)52(49)48-42(35-20-9-3-10-21-35)30-38(34-18-7-2-8-19-34)31-43(48)36-22-11-4-12-23-36/h1-32H. The van der Waals surface area contributed by atoms with Crippen LogP contribution in [0, 0.1) is 0 Å². The predicted molar refractivity (Wildman–Crippen MR) is 220 cm³/mol. The first-order valence-corrected chi connectivity index (χ1v) is 18.1. The number of nitrogens with zero attached hydrogens (tertiary/aromatic N) is 2. The molecule has 0 bridgehead atoms. The quantitative estimate of drug-likeness (QED) is 0.163. The molecule has 0 unspecified atom stereocenters. The number of hydrogen-bond acceptors (Lipinski definition) is 2. The second-order valence-electron chi connectivity index (χ2n) is 13.6. The number of benzene rings is 8. The maximum Gasteiger partial charge on any atom is 0.268 e. The van der Waals surface area contributed by atoms with Crippen molar-refractivity contribution >= 4 is 39.3 Å². The third kappa shape index (κ3) is 5.00. The molecule has 4 heteroatoms. The van der Waals surface area contributed by atoms with Gasteiger partial charge in [-0.3, -0.25) is 9.59 Å². The largest absolute Gasteiger partial charge is 0.308 e. The molecule has 8 aromatic carbocycles. The second kappa shape index (κ2) is 12.7. The van der Waals surface area contributed by atoms with E-state index in [-0.39, 0.29) is 11.8 Å². The second-order valence-corrected chi connectivity index (χ2v) is 13.6. The summed E-state index contributed by atoms with van der Waals surface area (Å²) in [5, 5.41) is 2.15. The van der Waals surface area contributed by atoms with Crippen molar-refractivity contribution in [2.24, 2.45) is 0 Å². The number of carbonyl (C=O) groups is 2. The monoisotopic (exact) mass is 692 g/mol. The first-order valence-electron chi connectivity index (χ1n) is 18.1. The van der Waals surface area contributed by atoms with Gasteiger partial charge in [-0.1, -0.05) is 158 Å². The highest BCUT2D eigenvalue weighted by Gasteiger charge is 2.41. The topological polar surface area (TPSA) is 42.3 Å². The van der Waals surface area contributed by atoms with E-state index in [0.29, 0.717) is 22.5 Å². The number of carbonyl (C=O) groups excluding carboxylic acids is 2. The Morgan fingerprint density at radius 3 is 1.46 bits per heavy atom. The van der Waals surface area contributed by atoms with Gasteiger partial charge in [0.15, 0.2) is 0 Å². The smallest absolute Gasteiger partial charge is 0.268 e. The maximum absolute atomic E-state index is 15.3. The molecule has 0 atom stereocenters. The van der Waals surface area contributed by atoms with E-state index in [2.05, 4.69) is 71.3 Å². The fourth-order valence-corrected chi connectivity index (χ4v) is 8.05. The molecule has 2 heterocycles. The molecule has 54 heavy (non-hydrogen) atoms. The summed E-state index contributed by atoms with van der Waals surface area (Å²) in [6.45, 7) is 0. The molecule has 0 fully saturated rings. The third-order valence-electron chi connectivity index (χ3n) is 10.5. The number of amides is 2. The molecule has 1 aromatic heterocycles. The summed E-state index contributed by atoms with van der Waals surface area (Å²) in [4.78, 5) is 31.6. The molecule has 0 radical (unpaired) electrons. The van der Waals surface area contributed by atoms with Gasteiger partial charge in [0.25, 0.3) is 11.8 Å². The minimum atomic E-state index is -0.349. The molecule has 1 aliphatic rings. The highest BCUT2D eigenvalue weighted by Crippen LogP contribution is 2.47. The van der Waals surface area contributed by atoms with Crippen molar-refractivity contribution in [1.29, 1.82) is 0 Å². The van der Waals surface area contributed by atoms with Crippen LogP contribution in [0.5, 0.6) is 0 Å². The van der Waals surface area contributed by atoms with E-state index in [1.54, 1.807) is 6.07 Å². The normalized spacial score (nSPS) is 12.5. The van der Waals surface area contributed by atoms with Crippen molar-refractivity contribution in [1.82, 2.24) is 4.57 Å². The molecule has 2 amide bonds. The van der Waals surface area contributed by atoms with Crippen LogP contribution in [-0.4, -0.2) is 16.4 Å². The molecule has 10 rings (SSSR count). The van der Waals surface area contributed by atoms with Gasteiger partial charge < -0.3 is 4.57 Å². The Hall–Kier alpha value is -7.30. The van der Waals surface area contributed by atoms with E-state index >= 15 is 4.79 Å². The molecule has 9 aromatic rings. The number of fused-ring (bicyclic) bond motifs is 4. The van der Waals surface area contributed by atoms with Crippen LogP contribution >= 0.6 is 0 Å². The van der Waals surface area contributed by atoms with Crippen LogP contribution in [0.3, 0.4) is 0 Å². The van der Waals surface area contributed by atoms with Crippen LogP contribution in [-0.2, 0) is 0 Å². The summed E-state index contributed by atoms with van der Waals surface area (Å²) in [6.07, 6.45) is 0. The minimum absolute atomic E-state index is 0.343. The summed E-state index contributed by atoms with van der Waals surface area (Å²) in [5.41, 5.74) is 11.6. The van der Waals surface area contributed by atoms with Crippen LogP contribution in [0.1, 0.15) is 20.7 Å². The Morgan fingerprint density at radius 2 is 0.852 bits per heavy atom. The fourth-order valence-electron chi connectivity index (χ4n) is 8.05. The molecule has 0 spiro atoms. The molecular weight excluding hydrogens is 661 g/mol. The van der Waals surface area contributed by atoms with Gasteiger partial charge >= 0.3 is 0 Å². The van der Waals surface area contributed by atoms with E-state index in [4.69, 9.17) is 0 Å². The first kappa shape index (κ1) is 31.4. The third-order valence-corrected chi connectivity index (χ3v) is 10.5. The van der Waals surface area contributed by atoms with Gasteiger partial charge in [-0.15, -0.1) is 0 Å². The molecular formula is C50H32N2O2. The van der Waals surface area contributed by atoms with E-state index in [1.807, 2.05) is 121 Å². The number of imide groups is 1. The average molecular weight is 693 g/mol. The van der Waals surface area contributed by atoms with Crippen LogP contribution < -0.4 is 4.90 Å². The van der Waals surface area contributed by atoms with Gasteiger partial charge in [0.05, 0.1) is 33.5 Å². The predicted octanol–water partition coefficient (Wildman–Crippen LogP) is 12.3. The number of anilines is 1. The SMILES string of the molecule is O=C1c2cccc(-n3c4ccccc4c4ccc(-c5ccccc5)cc43)c2C(=O)N1c1c(-c2ccccc2)cc(-c2ccccc2)cc1-c1ccccc1. The van der Waals surface area contributed by atoms with Gasteiger partial charge in [-0.05, 0) is 69.8 Å². The number of rotatable bonds is 6. The van der Waals surface area contributed by atoms with Crippen molar-refractivity contribution in [2.45, 2.75) is 0 Å². The molecule has 4 nitrogen and oxygen atoms in total. The fraction of sp³-hybridized carbons (Fsp3) is 0. The average Bonchev–Trinajstić information content (AvgIpc) is 3.71. The number of hydrogen-bond donors (Lipinski definition) is 0. The summed E-state index contributed by atoms with van der Waals surface area (Å²) >= 11 is 0. The van der Waals surface area contributed by atoms with Crippen molar-refractivity contribution < 1.29 is 9.59 Å². The summed E-state index contributed by atoms with van der Waals surface area (Å²) in [6, 6.07) is 65.2. The van der Waals surface area contributed by atoms with Gasteiger partial charge in [0.2, 0.25) is 0 Å². The lowest BCUT2D eigenvalue weighted by molar-refractivity contribution is 0.0926. The van der Waals surface area contributed by atoms with Gasteiger partial charge in [-0.25, -0.2) is 4.90 Å². The van der Waals surface area contributed by atoms with Crippen molar-refractivity contribution in [3.8, 4) is 50.2 Å². The maximum atomic E-state index is 15.3. The minimum Gasteiger partial charge on any atom is -0.308 e. The van der Waals surface area contributed by atoms with E-state index in [0.717, 1.165) is 66.3 Å². The summed E-state index contributed by atoms with van der Waals surface area (Å²) in [5.74, 6) is -0.693. The van der Waals surface area contributed by atoms with E-state index in [1.165, 1.54) is 4.90 Å². The number of aromatic nitrogens is 1. The van der Waals surface area contributed by atoms with E-state index < -0.39 is 0 Å². The van der Waals surface area contributed by atoms with Crippen molar-refractivity contribution in [3.63, 3.8) is 0 Å². The zero-order chi connectivity index (χ0) is 36.2. The van der Waals surface area contributed by atoms with Gasteiger partial charge in [0.1, 0.15) is 0 Å². The Kier molecular flexibility index (Phi) is 7.41. The number of para-hydroxylation sites is 1. The molecule has 0 N–H and O–H groups in total. The highest BCUT2D eigenvalue weighted by atomic mass is 16.2. The van der Waals surface area contributed by atoms with Crippen molar-refractivity contribution in [3.05, 3.63) is 205 Å². The summed E-state index contributed by atoms with van der Waals surface area (Å²) in [7, 11) is 0. The van der Waals surface area contributed by atoms with Gasteiger partial charge in [-0.2, -0.15) is 0 Å². The van der Waals surface area contributed by atoms with Gasteiger partial charge in [0, 0.05) is 21.9 Å². The zero-order valence-corrected chi connectivity index (χ0v) is 29.2. The van der Waals surface area contributed by atoms with Crippen LogP contribution in [0.15, 0.2) is 194 Å².